The Labute approximate surface area is 175 Å². The summed E-state index contributed by atoms with van der Waals surface area (Å²) in [6, 6.07) is 7.77. The second-order valence-electron chi connectivity index (χ2n) is 9.22. The van der Waals surface area contributed by atoms with Crippen LogP contribution in [0.3, 0.4) is 0 Å². The van der Waals surface area contributed by atoms with E-state index >= 15 is 0 Å². The molecule has 1 aliphatic rings. The molecule has 1 aromatic rings. The summed E-state index contributed by atoms with van der Waals surface area (Å²) in [6.07, 6.45) is -1.09. The zero-order valence-corrected chi connectivity index (χ0v) is 20.0. The summed E-state index contributed by atoms with van der Waals surface area (Å²) in [5.41, 5.74) is 1.05. The summed E-state index contributed by atoms with van der Waals surface area (Å²) in [5, 5.41) is 0.0702. The van der Waals surface area contributed by atoms with E-state index in [1.165, 1.54) is 6.92 Å². The van der Waals surface area contributed by atoms with E-state index in [2.05, 4.69) is 33.9 Å². The standard InChI is InChI=1S/C22H36O6Si/c1-15-20(28-29(7,8)22(3,4)5)19(27-21(15)26-16(2)23)14-25-13-17-9-11-18(24-6)12-10-17/h9-12,15,19-21H,13-14H2,1-8H3/t15-,19+,20?,21?/m0/s1. The maximum atomic E-state index is 11.5. The van der Waals surface area contributed by atoms with Crippen LogP contribution in [-0.4, -0.2) is 46.5 Å². The van der Waals surface area contributed by atoms with Gasteiger partial charge in [0.15, 0.2) is 8.32 Å². The fourth-order valence-electron chi connectivity index (χ4n) is 3.01. The largest absolute Gasteiger partial charge is 0.497 e. The highest BCUT2D eigenvalue weighted by Gasteiger charge is 2.49. The number of benzene rings is 1. The van der Waals surface area contributed by atoms with Gasteiger partial charge < -0.3 is 23.4 Å². The van der Waals surface area contributed by atoms with Gasteiger partial charge in [-0.2, -0.15) is 0 Å². The average Bonchev–Trinajstić information content (AvgIpc) is 2.89. The van der Waals surface area contributed by atoms with Crippen LogP contribution in [-0.2, 0) is 30.0 Å². The quantitative estimate of drug-likeness (QED) is 0.451. The summed E-state index contributed by atoms with van der Waals surface area (Å²) in [7, 11) is -0.382. The van der Waals surface area contributed by atoms with E-state index in [9.17, 15) is 4.79 Å². The third-order valence-electron chi connectivity index (χ3n) is 5.85. The minimum absolute atomic E-state index is 0.0670. The number of methoxy groups -OCH3 is 1. The van der Waals surface area contributed by atoms with E-state index < -0.39 is 14.6 Å². The molecule has 1 saturated heterocycles. The molecule has 0 N–H and O–H groups in total. The first kappa shape index (κ1) is 23.9. The van der Waals surface area contributed by atoms with Crippen LogP contribution in [0.25, 0.3) is 0 Å². The van der Waals surface area contributed by atoms with E-state index in [-0.39, 0.29) is 29.1 Å². The molecule has 7 heteroatoms. The fourth-order valence-corrected chi connectivity index (χ4v) is 4.42. The maximum absolute atomic E-state index is 11.5. The van der Waals surface area contributed by atoms with E-state index in [1.54, 1.807) is 7.11 Å². The van der Waals surface area contributed by atoms with Gasteiger partial charge in [0.1, 0.15) is 11.9 Å². The number of esters is 1. The summed E-state index contributed by atoms with van der Waals surface area (Å²) < 4.78 is 29.2. The second-order valence-corrected chi connectivity index (χ2v) is 14.0. The van der Waals surface area contributed by atoms with Crippen molar-refractivity contribution in [3.8, 4) is 5.75 Å². The normalized spacial score (nSPS) is 25.1. The lowest BCUT2D eigenvalue weighted by molar-refractivity contribution is -0.181. The van der Waals surface area contributed by atoms with Gasteiger partial charge >= 0.3 is 5.97 Å². The zero-order chi connectivity index (χ0) is 21.8. The van der Waals surface area contributed by atoms with Gasteiger partial charge in [0, 0.05) is 12.8 Å². The second kappa shape index (κ2) is 9.60. The van der Waals surface area contributed by atoms with Gasteiger partial charge in [0.25, 0.3) is 0 Å². The van der Waals surface area contributed by atoms with Crippen LogP contribution in [0.1, 0.15) is 40.2 Å². The molecule has 1 aliphatic heterocycles. The van der Waals surface area contributed by atoms with Crippen molar-refractivity contribution in [1.82, 2.24) is 0 Å². The number of rotatable bonds is 8. The predicted octanol–water partition coefficient (Wildman–Crippen LogP) is 4.53. The third kappa shape index (κ3) is 6.28. The molecule has 164 valence electrons. The summed E-state index contributed by atoms with van der Waals surface area (Å²) in [4.78, 5) is 11.5. The molecule has 0 aromatic heterocycles. The van der Waals surface area contributed by atoms with Crippen molar-refractivity contribution in [2.24, 2.45) is 5.92 Å². The Morgan fingerprint density at radius 2 is 1.79 bits per heavy atom. The third-order valence-corrected chi connectivity index (χ3v) is 10.3. The lowest BCUT2D eigenvalue weighted by Crippen LogP contribution is -2.48. The summed E-state index contributed by atoms with van der Waals surface area (Å²) >= 11 is 0. The van der Waals surface area contributed by atoms with Crippen LogP contribution in [0.15, 0.2) is 24.3 Å². The highest BCUT2D eigenvalue weighted by atomic mass is 28.4. The van der Waals surface area contributed by atoms with Gasteiger partial charge in [-0.25, -0.2) is 0 Å². The smallest absolute Gasteiger partial charge is 0.304 e. The summed E-state index contributed by atoms with van der Waals surface area (Å²) in [5.74, 6) is 0.393. The van der Waals surface area contributed by atoms with Crippen LogP contribution < -0.4 is 4.74 Å². The van der Waals surface area contributed by atoms with Gasteiger partial charge in [-0.05, 0) is 35.8 Å². The molecule has 0 amide bonds. The topological polar surface area (TPSA) is 63.2 Å². The SMILES string of the molecule is COc1ccc(COC[C@H]2OC(OC(C)=O)[C@@H](C)C2O[Si](C)(C)C(C)(C)C)cc1. The Kier molecular flexibility index (Phi) is 7.90. The van der Waals surface area contributed by atoms with Crippen LogP contribution in [0.2, 0.25) is 18.1 Å². The van der Waals surface area contributed by atoms with E-state index in [4.69, 9.17) is 23.4 Å². The Hall–Kier alpha value is -1.41. The first-order chi connectivity index (χ1) is 13.4. The van der Waals surface area contributed by atoms with Gasteiger partial charge in [-0.1, -0.05) is 39.8 Å². The van der Waals surface area contributed by atoms with Crippen molar-refractivity contribution >= 4 is 14.3 Å². The van der Waals surface area contributed by atoms with Gasteiger partial charge in [0.2, 0.25) is 6.29 Å². The number of ether oxygens (including phenoxy) is 4. The molecule has 0 aliphatic carbocycles. The molecule has 0 radical (unpaired) electrons. The van der Waals surface area contributed by atoms with Crippen molar-refractivity contribution in [2.45, 2.75) is 77.9 Å². The Balaban J connectivity index is 2.05. The monoisotopic (exact) mass is 424 g/mol. The van der Waals surface area contributed by atoms with Crippen molar-refractivity contribution in [3.63, 3.8) is 0 Å². The van der Waals surface area contributed by atoms with Crippen LogP contribution >= 0.6 is 0 Å². The van der Waals surface area contributed by atoms with Gasteiger partial charge in [-0.15, -0.1) is 0 Å². The molecular formula is C22H36O6Si. The summed E-state index contributed by atoms with van der Waals surface area (Å²) in [6.45, 7) is 15.3. The molecule has 6 nitrogen and oxygen atoms in total. The minimum atomic E-state index is -2.03. The highest BCUT2D eigenvalue weighted by molar-refractivity contribution is 6.74. The number of hydrogen-bond donors (Lipinski definition) is 0. The molecule has 4 atom stereocenters. The van der Waals surface area contributed by atoms with Crippen LogP contribution in [0, 0.1) is 5.92 Å². The van der Waals surface area contributed by atoms with Crippen molar-refractivity contribution in [3.05, 3.63) is 29.8 Å². The van der Waals surface area contributed by atoms with Gasteiger partial charge in [-0.3, -0.25) is 4.79 Å². The number of carbonyl (C=O) groups excluding carboxylic acids is 1. The number of carbonyl (C=O) groups is 1. The van der Waals surface area contributed by atoms with Crippen molar-refractivity contribution in [2.75, 3.05) is 13.7 Å². The first-order valence-corrected chi connectivity index (χ1v) is 13.1. The molecule has 0 spiro atoms. The first-order valence-electron chi connectivity index (χ1n) is 10.2. The Bertz CT molecular complexity index is 667. The van der Waals surface area contributed by atoms with E-state index in [0.29, 0.717) is 13.2 Å². The molecule has 2 rings (SSSR count). The zero-order valence-electron chi connectivity index (χ0n) is 19.0. The molecule has 1 heterocycles. The van der Waals surface area contributed by atoms with Crippen molar-refractivity contribution < 1.29 is 28.2 Å². The minimum Gasteiger partial charge on any atom is -0.497 e. The molecule has 1 aromatic carbocycles. The molecule has 29 heavy (non-hydrogen) atoms. The Morgan fingerprint density at radius 3 is 2.31 bits per heavy atom. The lowest BCUT2D eigenvalue weighted by Gasteiger charge is -2.40. The molecule has 2 unspecified atom stereocenters. The Morgan fingerprint density at radius 1 is 1.17 bits per heavy atom. The lowest BCUT2D eigenvalue weighted by atomic mass is 10.0. The highest BCUT2D eigenvalue weighted by Crippen LogP contribution is 2.41. The molecular weight excluding hydrogens is 388 g/mol. The van der Waals surface area contributed by atoms with Crippen LogP contribution in [0.4, 0.5) is 0 Å². The van der Waals surface area contributed by atoms with E-state index in [1.807, 2.05) is 31.2 Å². The van der Waals surface area contributed by atoms with E-state index in [0.717, 1.165) is 11.3 Å². The molecule has 1 fully saturated rings. The fraction of sp³-hybridized carbons (Fsp3) is 0.682. The molecule has 0 saturated carbocycles. The van der Waals surface area contributed by atoms with Gasteiger partial charge in [0.05, 0.1) is 26.4 Å². The van der Waals surface area contributed by atoms with Crippen LogP contribution in [0.5, 0.6) is 5.75 Å². The number of hydrogen-bond acceptors (Lipinski definition) is 6. The maximum Gasteiger partial charge on any atom is 0.304 e. The molecule has 0 bridgehead atoms. The average molecular weight is 425 g/mol. The van der Waals surface area contributed by atoms with Crippen molar-refractivity contribution in [1.29, 1.82) is 0 Å². The predicted molar refractivity (Wildman–Crippen MR) is 114 cm³/mol.